The molecule has 1 aliphatic heterocycles. The minimum Gasteiger partial charge on any atom is -0.384 e. The molecular weight excluding hydrogens is 477 g/mol. The lowest BCUT2D eigenvalue weighted by atomic mass is 9.96. The van der Waals surface area contributed by atoms with Crippen molar-refractivity contribution in [3.05, 3.63) is 89.7 Å². The Labute approximate surface area is 222 Å². The fourth-order valence-corrected chi connectivity index (χ4v) is 4.85. The molecule has 8 heteroatoms. The van der Waals surface area contributed by atoms with Gasteiger partial charge in [-0.1, -0.05) is 24.8 Å². The number of aromatic nitrogens is 4. The summed E-state index contributed by atoms with van der Waals surface area (Å²) in [7, 11) is 4.03. The Bertz CT molecular complexity index is 1520. The number of nitrogens with zero attached hydrogens (tertiary/aromatic N) is 3. The fourth-order valence-electron chi connectivity index (χ4n) is 4.85. The van der Waals surface area contributed by atoms with Crippen molar-refractivity contribution in [3.8, 4) is 11.4 Å². The molecule has 0 bridgehead atoms. The zero-order chi connectivity index (χ0) is 26.6. The highest BCUT2D eigenvalue weighted by molar-refractivity contribution is 5.94. The number of aryl methyl sites for hydroxylation is 1. The Hall–Kier alpha value is -4.01. The van der Waals surface area contributed by atoms with E-state index in [9.17, 15) is 4.39 Å². The van der Waals surface area contributed by atoms with Crippen LogP contribution in [0.5, 0.6) is 0 Å². The molecular formula is C30H34FN7. The number of H-pyrrole nitrogens is 2. The van der Waals surface area contributed by atoms with E-state index in [1.54, 1.807) is 12.1 Å². The van der Waals surface area contributed by atoms with Crippen molar-refractivity contribution in [2.45, 2.75) is 13.3 Å². The second-order valence-electron chi connectivity index (χ2n) is 9.87. The number of likely N-dealkylation sites (N-methyl/N-ethyl adjacent to an activating group) is 1. The van der Waals surface area contributed by atoms with Crippen molar-refractivity contribution in [2.24, 2.45) is 0 Å². The first kappa shape index (κ1) is 25.6. The Morgan fingerprint density at radius 3 is 2.84 bits per heavy atom. The van der Waals surface area contributed by atoms with E-state index in [1.165, 1.54) is 11.6 Å². The number of pyridine rings is 1. The summed E-state index contributed by atoms with van der Waals surface area (Å²) in [5, 5.41) is 15.4. The molecule has 0 radical (unpaired) electrons. The minimum atomic E-state index is -0.288. The van der Waals surface area contributed by atoms with Gasteiger partial charge in [-0.3, -0.25) is 10.1 Å². The summed E-state index contributed by atoms with van der Waals surface area (Å²) in [6.07, 6.45) is 8.66. The summed E-state index contributed by atoms with van der Waals surface area (Å²) < 4.78 is 14.7. The van der Waals surface area contributed by atoms with Crippen LogP contribution >= 0.6 is 0 Å². The number of nitrogens with one attached hydrogen (secondary N) is 4. The maximum Gasteiger partial charge on any atom is 0.125 e. The number of aromatic amines is 2. The van der Waals surface area contributed by atoms with Crippen molar-refractivity contribution >= 4 is 27.7 Å². The van der Waals surface area contributed by atoms with E-state index in [0.29, 0.717) is 0 Å². The van der Waals surface area contributed by atoms with Gasteiger partial charge in [0.25, 0.3) is 0 Å². The number of hydrogen-bond acceptors (Lipinski definition) is 5. The van der Waals surface area contributed by atoms with E-state index in [2.05, 4.69) is 60.5 Å². The van der Waals surface area contributed by atoms with Gasteiger partial charge >= 0.3 is 0 Å². The summed E-state index contributed by atoms with van der Waals surface area (Å²) >= 11 is 0. The van der Waals surface area contributed by atoms with E-state index in [0.717, 1.165) is 88.7 Å². The quantitative estimate of drug-likeness (QED) is 0.227. The largest absolute Gasteiger partial charge is 0.384 e. The van der Waals surface area contributed by atoms with Crippen molar-refractivity contribution < 1.29 is 4.39 Å². The number of benzene rings is 1. The molecule has 0 unspecified atom stereocenters. The van der Waals surface area contributed by atoms with Crippen LogP contribution in [0.3, 0.4) is 0 Å². The number of fused-ring (bicyclic) bond motifs is 1. The molecule has 38 heavy (non-hydrogen) atoms. The molecule has 0 fully saturated rings. The van der Waals surface area contributed by atoms with Gasteiger partial charge in [0, 0.05) is 42.0 Å². The molecule has 0 saturated heterocycles. The number of anilines is 1. The number of allylic oxidation sites excluding steroid dienone is 2. The molecule has 0 atom stereocenters. The van der Waals surface area contributed by atoms with Gasteiger partial charge < -0.3 is 20.5 Å². The first-order chi connectivity index (χ1) is 18.4. The topological polar surface area (TPSA) is 84.7 Å². The zero-order valence-corrected chi connectivity index (χ0v) is 22.2. The third kappa shape index (κ3) is 5.46. The summed E-state index contributed by atoms with van der Waals surface area (Å²) in [6, 6.07) is 9.26. The Morgan fingerprint density at radius 2 is 2.08 bits per heavy atom. The van der Waals surface area contributed by atoms with Crippen molar-refractivity contribution in [3.63, 3.8) is 0 Å². The van der Waals surface area contributed by atoms with Gasteiger partial charge in [0.1, 0.15) is 11.5 Å². The Balaban J connectivity index is 1.51. The van der Waals surface area contributed by atoms with Crippen LogP contribution in [0.15, 0.2) is 61.3 Å². The maximum absolute atomic E-state index is 14.7. The van der Waals surface area contributed by atoms with Crippen LogP contribution in [0.25, 0.3) is 33.4 Å². The monoisotopic (exact) mass is 511 g/mol. The molecule has 0 aliphatic carbocycles. The van der Waals surface area contributed by atoms with Crippen LogP contribution in [0.1, 0.15) is 28.9 Å². The summed E-state index contributed by atoms with van der Waals surface area (Å²) in [6.45, 7) is 9.32. The van der Waals surface area contributed by atoms with Crippen LogP contribution in [-0.4, -0.2) is 65.3 Å². The highest BCUT2D eigenvalue weighted by atomic mass is 19.1. The van der Waals surface area contributed by atoms with Crippen LogP contribution in [0, 0.1) is 12.7 Å². The molecule has 3 aromatic heterocycles. The molecule has 1 aromatic carbocycles. The van der Waals surface area contributed by atoms with Gasteiger partial charge in [-0.05, 0) is 81.0 Å². The lowest BCUT2D eigenvalue weighted by molar-refractivity contribution is 0.425. The van der Waals surface area contributed by atoms with Gasteiger partial charge in [-0.15, -0.1) is 0 Å². The SMILES string of the molecule is C=C/C=C(/c1cc(F)cc(NCCN(C)C)c1)c1cc(-c2n[nH]c3cnc(C4=CCNCC4)cc23)[nH]c1C. The normalized spacial score (nSPS) is 14.2. The maximum atomic E-state index is 14.7. The summed E-state index contributed by atoms with van der Waals surface area (Å²) in [4.78, 5) is 10.2. The molecule has 4 aromatic rings. The van der Waals surface area contributed by atoms with Gasteiger partial charge in [0.15, 0.2) is 0 Å². The van der Waals surface area contributed by atoms with Crippen LogP contribution in [0.4, 0.5) is 10.1 Å². The van der Waals surface area contributed by atoms with Gasteiger partial charge in [-0.25, -0.2) is 4.39 Å². The standard InChI is InChI=1S/C30H34FN7/c1-5-6-24(21-13-22(31)15-23(14-21)33-11-12-38(3)4)25-16-28(35-19(25)2)30-26-17-27(20-7-9-32-10-8-20)34-18-29(26)36-37-30/h5-7,13-18,32-33,35H,1,8-12H2,2-4H3,(H,36,37)/b24-6-. The number of rotatable bonds is 9. The highest BCUT2D eigenvalue weighted by Gasteiger charge is 2.18. The summed E-state index contributed by atoms with van der Waals surface area (Å²) in [5.41, 5.74) is 9.17. The molecule has 1 aliphatic rings. The molecule has 4 heterocycles. The van der Waals surface area contributed by atoms with Gasteiger partial charge in [0.2, 0.25) is 0 Å². The Morgan fingerprint density at radius 1 is 1.21 bits per heavy atom. The highest BCUT2D eigenvalue weighted by Crippen LogP contribution is 2.34. The zero-order valence-electron chi connectivity index (χ0n) is 22.2. The molecule has 5 rings (SSSR count). The van der Waals surface area contributed by atoms with Crippen LogP contribution in [-0.2, 0) is 0 Å². The van der Waals surface area contributed by atoms with Gasteiger partial charge in [0.05, 0.1) is 23.1 Å². The average molecular weight is 512 g/mol. The molecule has 0 spiro atoms. The van der Waals surface area contributed by atoms with Crippen LogP contribution < -0.4 is 10.6 Å². The number of hydrogen-bond donors (Lipinski definition) is 4. The third-order valence-electron chi connectivity index (χ3n) is 6.78. The minimum absolute atomic E-state index is 0.288. The molecule has 0 amide bonds. The molecule has 4 N–H and O–H groups in total. The second kappa shape index (κ2) is 11.2. The van der Waals surface area contributed by atoms with Crippen LogP contribution in [0.2, 0.25) is 0 Å². The fraction of sp³-hybridized carbons (Fsp3) is 0.267. The first-order valence-electron chi connectivity index (χ1n) is 12.9. The predicted octanol–water partition coefficient (Wildman–Crippen LogP) is 5.37. The summed E-state index contributed by atoms with van der Waals surface area (Å²) in [5.74, 6) is -0.288. The van der Waals surface area contributed by atoms with Crippen molar-refractivity contribution in [2.75, 3.05) is 45.6 Å². The van der Waals surface area contributed by atoms with E-state index in [-0.39, 0.29) is 5.82 Å². The number of halogens is 1. The average Bonchev–Trinajstić information content (AvgIpc) is 3.50. The lowest BCUT2D eigenvalue weighted by Gasteiger charge is -2.14. The van der Waals surface area contributed by atoms with E-state index < -0.39 is 0 Å². The van der Waals surface area contributed by atoms with Crippen molar-refractivity contribution in [1.82, 2.24) is 30.4 Å². The lowest BCUT2D eigenvalue weighted by Crippen LogP contribution is -2.20. The second-order valence-corrected chi connectivity index (χ2v) is 9.87. The van der Waals surface area contributed by atoms with E-state index >= 15 is 0 Å². The van der Waals surface area contributed by atoms with Crippen molar-refractivity contribution in [1.29, 1.82) is 0 Å². The predicted molar refractivity (Wildman–Crippen MR) is 155 cm³/mol. The van der Waals surface area contributed by atoms with E-state index in [4.69, 9.17) is 0 Å². The first-order valence-corrected chi connectivity index (χ1v) is 12.9. The smallest absolute Gasteiger partial charge is 0.125 e. The molecule has 7 nitrogen and oxygen atoms in total. The molecule has 0 saturated carbocycles. The van der Waals surface area contributed by atoms with E-state index in [1.807, 2.05) is 39.4 Å². The molecule has 196 valence electrons. The van der Waals surface area contributed by atoms with Gasteiger partial charge in [-0.2, -0.15) is 5.10 Å². The Kier molecular flexibility index (Phi) is 7.53. The third-order valence-corrected chi connectivity index (χ3v) is 6.78.